The fourth-order valence-electron chi connectivity index (χ4n) is 3.87. The molecule has 206 valence electrons. The number of ether oxygens (including phenoxy) is 1. The van der Waals surface area contributed by atoms with Crippen molar-refractivity contribution in [1.82, 2.24) is 19.5 Å². The first-order valence-electron chi connectivity index (χ1n) is 10.8. The SMILES string of the molecule is CC(NC(=O)C(=O)N1CC2(COc3c(c(Cl)n(C)c3C(=O)Nc3ccc(F)c(Cl)c3)[S+]([O-])N2)C1)C(F)(F)F. The molecule has 0 aliphatic carbocycles. The molecule has 2 aliphatic heterocycles. The maximum atomic E-state index is 13.5. The van der Waals surface area contributed by atoms with E-state index in [9.17, 15) is 36.5 Å². The third-order valence-electron chi connectivity index (χ3n) is 5.93. The molecule has 1 aromatic carbocycles. The number of fused-ring (bicyclic) bond motifs is 1. The second-order valence-electron chi connectivity index (χ2n) is 8.78. The van der Waals surface area contributed by atoms with Gasteiger partial charge in [0.05, 0.1) is 16.4 Å². The van der Waals surface area contributed by atoms with Crippen molar-refractivity contribution < 1.29 is 41.2 Å². The van der Waals surface area contributed by atoms with Crippen molar-refractivity contribution in [3.8, 4) is 5.75 Å². The van der Waals surface area contributed by atoms with Crippen LogP contribution in [-0.4, -0.2) is 69.2 Å². The summed E-state index contributed by atoms with van der Waals surface area (Å²) in [5, 5.41) is 3.81. The molecule has 2 atom stereocenters. The van der Waals surface area contributed by atoms with E-state index in [-0.39, 0.29) is 51.9 Å². The Bertz CT molecular complexity index is 1320. The number of nitrogens with one attached hydrogen (secondary N) is 3. The van der Waals surface area contributed by atoms with Gasteiger partial charge in [0, 0.05) is 25.8 Å². The summed E-state index contributed by atoms with van der Waals surface area (Å²) in [4.78, 5) is 38.2. The molecule has 1 aromatic heterocycles. The predicted molar refractivity (Wildman–Crippen MR) is 128 cm³/mol. The second-order valence-corrected chi connectivity index (χ2v) is 10.7. The average molecular weight is 600 g/mol. The molecule has 2 unspecified atom stereocenters. The van der Waals surface area contributed by atoms with Crippen LogP contribution in [-0.2, 0) is 28.0 Å². The van der Waals surface area contributed by atoms with E-state index in [4.69, 9.17) is 27.9 Å². The van der Waals surface area contributed by atoms with E-state index in [1.165, 1.54) is 23.7 Å². The zero-order chi connectivity index (χ0) is 28.2. The highest BCUT2D eigenvalue weighted by molar-refractivity contribution is 7.89. The van der Waals surface area contributed by atoms with Gasteiger partial charge in [0.2, 0.25) is 5.75 Å². The number of amides is 3. The van der Waals surface area contributed by atoms with E-state index in [0.29, 0.717) is 6.92 Å². The molecule has 1 saturated heterocycles. The Kier molecular flexibility index (Phi) is 7.53. The fourth-order valence-corrected chi connectivity index (χ4v) is 5.73. The lowest BCUT2D eigenvalue weighted by Crippen LogP contribution is -2.74. The number of nitrogens with zero attached hydrogens (tertiary/aromatic N) is 2. The Hall–Kier alpha value is -2.72. The van der Waals surface area contributed by atoms with Gasteiger partial charge in [-0.15, -0.1) is 4.72 Å². The monoisotopic (exact) mass is 599 g/mol. The summed E-state index contributed by atoms with van der Waals surface area (Å²) in [5.41, 5.74) is -1.07. The summed E-state index contributed by atoms with van der Waals surface area (Å²) in [6.45, 7) is 0.0507. The van der Waals surface area contributed by atoms with Crippen molar-refractivity contribution in [2.75, 3.05) is 25.0 Å². The first-order chi connectivity index (χ1) is 17.6. The molecule has 0 radical (unpaired) electrons. The number of likely N-dealkylation sites (tertiary alicyclic amines) is 1. The number of hydrogen-bond donors (Lipinski definition) is 3. The number of aromatic nitrogens is 1. The van der Waals surface area contributed by atoms with Crippen LogP contribution < -0.4 is 20.1 Å². The van der Waals surface area contributed by atoms with Crippen LogP contribution in [0.4, 0.5) is 23.2 Å². The molecule has 17 heteroatoms. The number of carbonyl (C=O) groups excluding carboxylic acids is 3. The first kappa shape index (κ1) is 28.3. The minimum absolute atomic E-state index is 0.0464. The van der Waals surface area contributed by atoms with E-state index in [1.807, 2.05) is 0 Å². The Labute approximate surface area is 225 Å². The maximum Gasteiger partial charge on any atom is 0.408 e. The van der Waals surface area contributed by atoms with Gasteiger partial charge in [0.15, 0.2) is 10.8 Å². The van der Waals surface area contributed by atoms with Crippen LogP contribution in [0.25, 0.3) is 0 Å². The van der Waals surface area contributed by atoms with Crippen molar-refractivity contribution in [3.63, 3.8) is 0 Å². The molecule has 2 aliphatic rings. The van der Waals surface area contributed by atoms with Gasteiger partial charge < -0.3 is 29.4 Å². The van der Waals surface area contributed by atoms with Crippen LogP contribution in [0.2, 0.25) is 10.2 Å². The van der Waals surface area contributed by atoms with Gasteiger partial charge in [-0.3, -0.25) is 14.4 Å². The molecule has 38 heavy (non-hydrogen) atoms. The van der Waals surface area contributed by atoms with Gasteiger partial charge in [-0.25, -0.2) is 4.39 Å². The molecule has 0 bridgehead atoms. The smallest absolute Gasteiger partial charge is 0.408 e. The van der Waals surface area contributed by atoms with Crippen molar-refractivity contribution in [2.24, 2.45) is 7.05 Å². The third kappa shape index (κ3) is 5.25. The highest BCUT2D eigenvalue weighted by Gasteiger charge is 2.54. The standard InChI is InChI=1S/C21H19Cl2F4N5O5S/c1-9(21(25,26)27)28-18(34)19(35)32-6-20(7-32)8-37-14-13(31(2)16(23)15(14)38(36)30-20)17(33)29-10-3-4-12(24)11(22)5-10/h3-5,9,30H,6-8H2,1-2H3,(H,28,34)(H,29,33). The van der Waals surface area contributed by atoms with E-state index in [1.54, 1.807) is 5.32 Å². The maximum absolute atomic E-state index is 13.5. The fraction of sp³-hybridized carbons (Fsp3) is 0.381. The number of rotatable bonds is 3. The van der Waals surface area contributed by atoms with Crippen molar-refractivity contribution in [3.05, 3.63) is 39.9 Å². The summed E-state index contributed by atoms with van der Waals surface area (Å²) < 4.78 is 74.5. The quantitative estimate of drug-likeness (QED) is 0.282. The number of alkyl halides is 3. The van der Waals surface area contributed by atoms with Crippen LogP contribution >= 0.6 is 23.2 Å². The highest BCUT2D eigenvalue weighted by atomic mass is 35.5. The molecule has 1 spiro atoms. The lowest BCUT2D eigenvalue weighted by atomic mass is 9.92. The van der Waals surface area contributed by atoms with Gasteiger partial charge in [0.1, 0.15) is 24.0 Å². The van der Waals surface area contributed by atoms with Crippen LogP contribution in [0.1, 0.15) is 17.4 Å². The summed E-state index contributed by atoms with van der Waals surface area (Å²) >= 11 is 10.1. The summed E-state index contributed by atoms with van der Waals surface area (Å²) in [7, 11) is 1.43. The lowest BCUT2D eigenvalue weighted by molar-refractivity contribution is -0.164. The molecule has 3 heterocycles. The molecule has 3 amide bonds. The van der Waals surface area contributed by atoms with Crippen LogP contribution in [0, 0.1) is 5.82 Å². The summed E-state index contributed by atoms with van der Waals surface area (Å²) in [5.74, 6) is -4.15. The van der Waals surface area contributed by atoms with Crippen LogP contribution in [0.15, 0.2) is 23.1 Å². The molecular weight excluding hydrogens is 581 g/mol. The van der Waals surface area contributed by atoms with Gasteiger partial charge in [-0.2, -0.15) is 13.2 Å². The van der Waals surface area contributed by atoms with Gasteiger partial charge in [-0.05, 0) is 25.1 Å². The average Bonchev–Trinajstić information content (AvgIpc) is 2.95. The number of hydrogen-bond acceptors (Lipinski definition) is 6. The Morgan fingerprint density at radius 1 is 1.26 bits per heavy atom. The number of benzene rings is 1. The minimum Gasteiger partial charge on any atom is -0.593 e. The van der Waals surface area contributed by atoms with E-state index >= 15 is 0 Å². The highest BCUT2D eigenvalue weighted by Crippen LogP contribution is 2.41. The largest absolute Gasteiger partial charge is 0.593 e. The molecule has 3 N–H and O–H groups in total. The van der Waals surface area contributed by atoms with E-state index in [0.717, 1.165) is 11.0 Å². The van der Waals surface area contributed by atoms with Crippen LogP contribution in [0.3, 0.4) is 0 Å². The second kappa shape index (κ2) is 10.1. The number of halogens is 6. The number of carbonyl (C=O) groups is 3. The first-order valence-corrected chi connectivity index (χ1v) is 12.7. The molecule has 2 aromatic rings. The molecule has 1 fully saturated rings. The molecule has 0 saturated carbocycles. The summed E-state index contributed by atoms with van der Waals surface area (Å²) in [6, 6.07) is 1.31. The molecule has 10 nitrogen and oxygen atoms in total. The Morgan fingerprint density at radius 2 is 1.92 bits per heavy atom. The van der Waals surface area contributed by atoms with Crippen molar-refractivity contribution in [2.45, 2.75) is 29.6 Å². The number of anilines is 1. The molecule has 4 rings (SSSR count). The van der Waals surface area contributed by atoms with E-state index in [2.05, 4.69) is 10.0 Å². The predicted octanol–water partition coefficient (Wildman–Crippen LogP) is 2.38. The summed E-state index contributed by atoms with van der Waals surface area (Å²) in [6.07, 6.45) is -4.72. The Morgan fingerprint density at radius 3 is 2.53 bits per heavy atom. The van der Waals surface area contributed by atoms with Crippen molar-refractivity contribution in [1.29, 1.82) is 0 Å². The van der Waals surface area contributed by atoms with Crippen molar-refractivity contribution >= 4 is 58.0 Å². The zero-order valence-corrected chi connectivity index (χ0v) is 21.9. The molecular formula is C21H19Cl2F4N5O5S. The third-order valence-corrected chi connectivity index (χ3v) is 8.14. The van der Waals surface area contributed by atoms with Gasteiger partial charge in [0.25, 0.3) is 10.8 Å². The zero-order valence-electron chi connectivity index (χ0n) is 19.5. The van der Waals surface area contributed by atoms with Crippen LogP contribution in [0.5, 0.6) is 5.75 Å². The van der Waals surface area contributed by atoms with E-state index < -0.39 is 52.7 Å². The lowest BCUT2D eigenvalue weighted by Gasteiger charge is -2.47. The topological polar surface area (TPSA) is 128 Å². The van der Waals surface area contributed by atoms with Gasteiger partial charge >= 0.3 is 18.0 Å². The van der Waals surface area contributed by atoms with Gasteiger partial charge in [-0.1, -0.05) is 23.2 Å². The minimum atomic E-state index is -4.72. The Balaban J connectivity index is 1.48. The normalized spacial score (nSPS) is 19.1.